The van der Waals surface area contributed by atoms with Crippen LogP contribution in [-0.2, 0) is 23.9 Å². The van der Waals surface area contributed by atoms with Crippen molar-refractivity contribution >= 4 is 17.9 Å². The fraction of sp³-hybridized carbons (Fsp3) is 0.667. The standard InChI is InChI=1S/C15H24O6/c1-4-5-6-7-8-12(3)21-14(18)9-11(2)15(19)20-10-13(16)17/h12H,2,4-10H2,1,3H3,(H,16,17). The Morgan fingerprint density at radius 2 is 1.86 bits per heavy atom. The normalized spacial score (nSPS) is 11.5. The van der Waals surface area contributed by atoms with Crippen LogP contribution in [0.2, 0.25) is 0 Å². The van der Waals surface area contributed by atoms with Crippen molar-refractivity contribution in [2.45, 2.75) is 58.5 Å². The van der Waals surface area contributed by atoms with E-state index in [4.69, 9.17) is 9.84 Å². The summed E-state index contributed by atoms with van der Waals surface area (Å²) in [6, 6.07) is 0. The Morgan fingerprint density at radius 3 is 2.43 bits per heavy atom. The summed E-state index contributed by atoms with van der Waals surface area (Å²) in [6.45, 7) is 6.57. The summed E-state index contributed by atoms with van der Waals surface area (Å²) < 4.78 is 9.57. The minimum absolute atomic E-state index is 0.112. The van der Waals surface area contributed by atoms with Gasteiger partial charge in [-0.2, -0.15) is 0 Å². The summed E-state index contributed by atoms with van der Waals surface area (Å²) in [5.74, 6) is -2.72. The third-order valence-electron chi connectivity index (χ3n) is 2.77. The summed E-state index contributed by atoms with van der Waals surface area (Å²) in [5.41, 5.74) is -0.112. The van der Waals surface area contributed by atoms with Gasteiger partial charge in [-0.15, -0.1) is 0 Å². The predicted molar refractivity (Wildman–Crippen MR) is 76.7 cm³/mol. The monoisotopic (exact) mass is 300 g/mol. The van der Waals surface area contributed by atoms with Crippen molar-refractivity contribution in [2.24, 2.45) is 0 Å². The molecule has 1 N–H and O–H groups in total. The first-order valence-corrected chi connectivity index (χ1v) is 7.13. The molecule has 6 heteroatoms. The Bertz CT molecular complexity index is 374. The lowest BCUT2D eigenvalue weighted by Crippen LogP contribution is -2.19. The third-order valence-corrected chi connectivity index (χ3v) is 2.77. The lowest BCUT2D eigenvalue weighted by Gasteiger charge is -2.13. The molecular formula is C15H24O6. The lowest BCUT2D eigenvalue weighted by molar-refractivity contribution is -0.154. The molecule has 0 aliphatic heterocycles. The summed E-state index contributed by atoms with van der Waals surface area (Å²) in [5, 5.41) is 8.37. The number of carbonyl (C=O) groups excluding carboxylic acids is 2. The molecule has 21 heavy (non-hydrogen) atoms. The molecule has 0 aliphatic rings. The zero-order chi connectivity index (χ0) is 16.3. The molecule has 1 atom stereocenters. The van der Waals surface area contributed by atoms with Gasteiger partial charge in [0.05, 0.1) is 12.5 Å². The van der Waals surface area contributed by atoms with Crippen LogP contribution in [0.3, 0.4) is 0 Å². The number of aliphatic carboxylic acids is 1. The molecule has 0 amide bonds. The van der Waals surface area contributed by atoms with Gasteiger partial charge in [0, 0.05) is 5.57 Å². The average molecular weight is 300 g/mol. The largest absolute Gasteiger partial charge is 0.479 e. The Balaban J connectivity index is 3.93. The van der Waals surface area contributed by atoms with Crippen molar-refractivity contribution in [3.63, 3.8) is 0 Å². The fourth-order valence-corrected chi connectivity index (χ4v) is 1.66. The van der Waals surface area contributed by atoms with E-state index in [2.05, 4.69) is 18.2 Å². The van der Waals surface area contributed by atoms with Gasteiger partial charge in [-0.25, -0.2) is 9.59 Å². The highest BCUT2D eigenvalue weighted by atomic mass is 16.6. The van der Waals surface area contributed by atoms with Crippen molar-refractivity contribution in [2.75, 3.05) is 6.61 Å². The van der Waals surface area contributed by atoms with E-state index in [-0.39, 0.29) is 18.1 Å². The second kappa shape index (κ2) is 10.9. The van der Waals surface area contributed by atoms with Gasteiger partial charge >= 0.3 is 17.9 Å². The maximum Gasteiger partial charge on any atom is 0.341 e. The molecule has 0 aliphatic carbocycles. The molecule has 1 unspecified atom stereocenters. The average Bonchev–Trinajstić information content (AvgIpc) is 2.40. The van der Waals surface area contributed by atoms with Crippen LogP contribution in [0.1, 0.15) is 52.4 Å². The number of ether oxygens (including phenoxy) is 2. The number of esters is 2. The van der Waals surface area contributed by atoms with Crippen molar-refractivity contribution in [1.82, 2.24) is 0 Å². The molecule has 0 fully saturated rings. The molecule has 0 rings (SSSR count). The number of rotatable bonds is 11. The van der Waals surface area contributed by atoms with Crippen LogP contribution < -0.4 is 0 Å². The van der Waals surface area contributed by atoms with Gasteiger partial charge in [-0.05, 0) is 19.8 Å². The molecule has 6 nitrogen and oxygen atoms in total. The van der Waals surface area contributed by atoms with E-state index in [1.54, 1.807) is 6.92 Å². The van der Waals surface area contributed by atoms with Crippen LogP contribution in [0, 0.1) is 0 Å². The number of hydrogen-bond donors (Lipinski definition) is 1. The lowest BCUT2D eigenvalue weighted by atomic mass is 10.1. The molecule has 0 saturated carbocycles. The second-order valence-corrected chi connectivity index (χ2v) is 4.90. The Hall–Kier alpha value is -1.85. The molecule has 0 aromatic heterocycles. The number of carbonyl (C=O) groups is 3. The van der Waals surface area contributed by atoms with E-state index in [0.29, 0.717) is 0 Å². The van der Waals surface area contributed by atoms with Crippen LogP contribution in [0.4, 0.5) is 0 Å². The van der Waals surface area contributed by atoms with Gasteiger partial charge in [0.1, 0.15) is 0 Å². The highest BCUT2D eigenvalue weighted by Crippen LogP contribution is 2.10. The maximum absolute atomic E-state index is 11.6. The molecule has 0 aromatic carbocycles. The summed E-state index contributed by atoms with van der Waals surface area (Å²) in [6.07, 6.45) is 4.67. The molecule has 120 valence electrons. The highest BCUT2D eigenvalue weighted by Gasteiger charge is 2.17. The van der Waals surface area contributed by atoms with Crippen LogP contribution in [-0.4, -0.2) is 35.7 Å². The van der Waals surface area contributed by atoms with Crippen LogP contribution in [0.15, 0.2) is 12.2 Å². The molecule has 0 radical (unpaired) electrons. The van der Waals surface area contributed by atoms with Crippen molar-refractivity contribution in [3.8, 4) is 0 Å². The van der Waals surface area contributed by atoms with Crippen LogP contribution >= 0.6 is 0 Å². The van der Waals surface area contributed by atoms with E-state index in [1.165, 1.54) is 0 Å². The Labute approximate surface area is 125 Å². The zero-order valence-electron chi connectivity index (χ0n) is 12.7. The second-order valence-electron chi connectivity index (χ2n) is 4.90. The molecule has 0 spiro atoms. The van der Waals surface area contributed by atoms with Crippen molar-refractivity contribution in [3.05, 3.63) is 12.2 Å². The number of carboxylic acids is 1. The van der Waals surface area contributed by atoms with Gasteiger partial charge in [-0.3, -0.25) is 4.79 Å². The van der Waals surface area contributed by atoms with Crippen molar-refractivity contribution < 1.29 is 29.0 Å². The fourth-order valence-electron chi connectivity index (χ4n) is 1.66. The zero-order valence-corrected chi connectivity index (χ0v) is 12.7. The Morgan fingerprint density at radius 1 is 1.19 bits per heavy atom. The smallest absolute Gasteiger partial charge is 0.341 e. The van der Waals surface area contributed by atoms with Crippen LogP contribution in [0.25, 0.3) is 0 Å². The first kappa shape index (κ1) is 19.1. The third kappa shape index (κ3) is 10.6. The van der Waals surface area contributed by atoms with Gasteiger partial charge in [0.2, 0.25) is 0 Å². The number of hydrogen-bond acceptors (Lipinski definition) is 5. The molecular weight excluding hydrogens is 276 g/mol. The minimum Gasteiger partial charge on any atom is -0.479 e. The molecule has 0 saturated heterocycles. The quantitative estimate of drug-likeness (QED) is 0.358. The first-order valence-electron chi connectivity index (χ1n) is 7.13. The van der Waals surface area contributed by atoms with E-state index >= 15 is 0 Å². The van der Waals surface area contributed by atoms with E-state index in [9.17, 15) is 14.4 Å². The van der Waals surface area contributed by atoms with E-state index < -0.39 is 24.5 Å². The maximum atomic E-state index is 11.6. The summed E-state index contributed by atoms with van der Waals surface area (Å²) >= 11 is 0. The first-order chi connectivity index (χ1) is 9.86. The minimum atomic E-state index is -1.26. The van der Waals surface area contributed by atoms with Gasteiger partial charge in [0.25, 0.3) is 0 Å². The number of unbranched alkanes of at least 4 members (excludes halogenated alkanes) is 3. The van der Waals surface area contributed by atoms with E-state index in [0.717, 1.165) is 32.1 Å². The SMILES string of the molecule is C=C(CC(=O)OC(C)CCCCCC)C(=O)OCC(=O)O. The predicted octanol–water partition coefficient (Wildman–Crippen LogP) is 2.46. The summed E-state index contributed by atoms with van der Waals surface area (Å²) in [7, 11) is 0. The van der Waals surface area contributed by atoms with Gasteiger partial charge in [-0.1, -0.05) is 32.8 Å². The van der Waals surface area contributed by atoms with E-state index in [1.807, 2.05) is 0 Å². The molecule has 0 bridgehead atoms. The number of carboxylic acid groups (broad SMARTS) is 1. The molecule has 0 aromatic rings. The summed E-state index contributed by atoms with van der Waals surface area (Å²) in [4.78, 5) is 33.2. The molecule has 0 heterocycles. The topological polar surface area (TPSA) is 89.9 Å². The Kier molecular flexibility index (Phi) is 9.92. The van der Waals surface area contributed by atoms with Gasteiger partial charge in [0.15, 0.2) is 6.61 Å². The van der Waals surface area contributed by atoms with Crippen LogP contribution in [0.5, 0.6) is 0 Å². The highest BCUT2D eigenvalue weighted by molar-refractivity contribution is 5.94. The van der Waals surface area contributed by atoms with Gasteiger partial charge < -0.3 is 14.6 Å². The van der Waals surface area contributed by atoms with Crippen molar-refractivity contribution in [1.29, 1.82) is 0 Å².